The molecule has 1 radical (unpaired) electrons. The van der Waals surface area contributed by atoms with Crippen molar-refractivity contribution in [1.29, 1.82) is 11.1 Å². The zero-order chi connectivity index (χ0) is 110. The van der Waals surface area contributed by atoms with E-state index >= 15 is 0 Å². The second-order valence-corrected chi connectivity index (χ2v) is 36.1. The van der Waals surface area contributed by atoms with Crippen LogP contribution in [0.4, 0.5) is 37.2 Å². The molecule has 0 bridgehead atoms. The minimum Gasteiger partial charge on any atom is -0.550 e. The van der Waals surface area contributed by atoms with E-state index in [0.29, 0.717) is 97.4 Å². The van der Waals surface area contributed by atoms with Crippen molar-refractivity contribution in [2.75, 3.05) is 139 Å². The van der Waals surface area contributed by atoms with E-state index in [-0.39, 0.29) is 86.6 Å². The predicted molar refractivity (Wildman–Crippen MR) is 581 cm³/mol. The van der Waals surface area contributed by atoms with Crippen LogP contribution in [0.1, 0.15) is 269 Å². The van der Waals surface area contributed by atoms with Gasteiger partial charge in [-0.25, -0.2) is 30.4 Å². The van der Waals surface area contributed by atoms with Gasteiger partial charge >= 0.3 is 49.0 Å². The Morgan fingerprint density at radius 1 is 0.483 bits per heavy atom. The number of likely N-dealkylation sites (N-methyl/N-ethyl adjacent to an activating group) is 2. The number of nitrogens with one attached hydrogen (secondary N) is 3. The SMILES string of the molecule is BrCC1CCCCC1.C.CC(=O)OOC(C)=O.CC(=O)[B]O.CC(=O)[O-].CCO.CN(CCN)c1cccc(OCC2CCCCC2)c1.CN(CCN1C(=O)c2ccccc2C1=O)c1cccc(OCC2CCCCC2)c1.N=N.Nc1cccc(O)c1.Nc1cccc(OCC2CCCCC2)c1.O=C1c2ccccc2C(=O)N1CCNc1cccc(OCC2CCCCC2)c1.O=CCN1C(=O)c2ccccc2C1=O.[2H]CF.[2H]CF.[HH].[Na+]. The number of hydrogen-bond donors (Lipinski definition) is 9. The molecule has 0 spiro atoms. The van der Waals surface area contributed by atoms with Gasteiger partial charge in [0.1, 0.15) is 40.7 Å². The van der Waals surface area contributed by atoms with Crippen LogP contribution in [0.15, 0.2) is 194 Å². The summed E-state index contributed by atoms with van der Waals surface area (Å²) in [5, 5.41) is 37.4. The van der Waals surface area contributed by atoms with E-state index in [2.05, 4.69) is 66.1 Å². The van der Waals surface area contributed by atoms with Crippen LogP contribution in [0.3, 0.4) is 0 Å². The summed E-state index contributed by atoms with van der Waals surface area (Å²) in [6, 6.07) is 58.9. The third-order valence-corrected chi connectivity index (χ3v) is 24.9. The Hall–Kier alpha value is -12.2. The van der Waals surface area contributed by atoms with Gasteiger partial charge in [0, 0.05) is 145 Å². The Balaban J connectivity index is 0.00000172. The number of nitrogens with zero attached hydrogens (tertiary/aromatic N) is 5. The molecule has 12 N–H and O–H groups in total. The van der Waals surface area contributed by atoms with Crippen LogP contribution in [0.2, 0.25) is 0 Å². The Bertz CT molecular complexity index is 5100. The second kappa shape index (κ2) is 80.8. The van der Waals surface area contributed by atoms with Crippen molar-refractivity contribution in [1.82, 2.24) is 14.7 Å². The molecule has 6 amide bonds. The number of halogens is 3. The van der Waals surface area contributed by atoms with Gasteiger partial charge in [-0.3, -0.25) is 52.2 Å². The maximum Gasteiger partial charge on any atom is 1.00 e. The summed E-state index contributed by atoms with van der Waals surface area (Å²) >= 11 is 3.51. The summed E-state index contributed by atoms with van der Waals surface area (Å²) in [6.07, 6.45) is 34.5. The first-order valence-electron chi connectivity index (χ1n) is 51.3. The molecule has 149 heavy (non-hydrogen) atoms. The summed E-state index contributed by atoms with van der Waals surface area (Å²) in [5.74, 6) is 3.68. The number of aliphatic hydroxyl groups is 1. The summed E-state index contributed by atoms with van der Waals surface area (Å²) in [4.78, 5) is 137. The molecule has 5 fully saturated rings. The summed E-state index contributed by atoms with van der Waals surface area (Å²) in [5.41, 5.74) is 33.5. The van der Waals surface area contributed by atoms with Crippen LogP contribution in [-0.4, -0.2) is 215 Å². The molecule has 3 aliphatic heterocycles. The number of aliphatic hydroxyl groups excluding tert-OH is 1. The molecule has 32 nitrogen and oxygen atoms in total. The third kappa shape index (κ3) is 53.7. The molecule has 0 unspecified atom stereocenters. The molecule has 0 atom stereocenters. The molecule has 5 aliphatic carbocycles. The number of carboxylic acids is 1. The van der Waals surface area contributed by atoms with Crippen molar-refractivity contribution in [2.45, 2.75) is 203 Å². The Kier molecular flexibility index (Phi) is 71.0. The van der Waals surface area contributed by atoms with Crippen molar-refractivity contribution in [2.24, 2.45) is 35.3 Å². The number of aromatic hydroxyl groups is 1. The number of amides is 6. The Labute approximate surface area is 914 Å². The van der Waals surface area contributed by atoms with Gasteiger partial charge in [-0.15, -0.1) is 0 Å². The van der Waals surface area contributed by atoms with E-state index in [1.54, 1.807) is 97.9 Å². The molecular weight excluding hydrogens is 1990 g/mol. The van der Waals surface area contributed by atoms with Crippen molar-refractivity contribution < 1.29 is 144 Å². The minimum absolute atomic E-state index is 0. The van der Waals surface area contributed by atoms with Gasteiger partial charge in [0.25, 0.3) is 35.4 Å². The van der Waals surface area contributed by atoms with Crippen LogP contribution in [0, 0.1) is 40.7 Å². The monoisotopic (exact) mass is 2150 g/mol. The van der Waals surface area contributed by atoms with Crippen molar-refractivity contribution in [3.8, 4) is 28.7 Å². The van der Waals surface area contributed by atoms with Crippen molar-refractivity contribution >= 4 is 117 Å². The number of aldehydes is 1. The number of carbonyl (C=O) groups is 11. The molecule has 8 aliphatic rings. The zero-order valence-electron chi connectivity index (χ0n) is 89.1. The quantitative estimate of drug-likeness (QED) is 0.00337. The first-order valence-corrected chi connectivity index (χ1v) is 51.0. The molecule has 8 aromatic rings. The molecule has 8 aromatic carbocycles. The van der Waals surface area contributed by atoms with E-state index in [9.17, 15) is 56.7 Å². The number of carboxylic acid groups (broad SMARTS) is 1. The smallest absolute Gasteiger partial charge is 0.550 e. The van der Waals surface area contributed by atoms with Gasteiger partial charge in [0.2, 0.25) is 0 Å². The fourth-order valence-corrected chi connectivity index (χ4v) is 17.2. The number of anilines is 5. The van der Waals surface area contributed by atoms with Crippen molar-refractivity contribution in [3.63, 3.8) is 0 Å². The molecule has 5 saturated carbocycles. The van der Waals surface area contributed by atoms with E-state index in [1.165, 1.54) is 194 Å². The van der Waals surface area contributed by atoms with Gasteiger partial charge in [-0.2, -0.15) is 0 Å². The van der Waals surface area contributed by atoms with E-state index in [1.807, 2.05) is 85.9 Å². The van der Waals surface area contributed by atoms with Crippen LogP contribution in [-0.2, 0) is 33.7 Å². The first kappa shape index (κ1) is 131. The molecular formula is C112H159BBrF2N11NaO21. The van der Waals surface area contributed by atoms with Crippen LogP contribution >= 0.6 is 15.9 Å². The minimum atomic E-state index is -1.08. The standard InChI is InChI=1S/C24H28N2O3.C23H26N2O3.C16H26N2O.C13H19NO.C10H7NO3.C7H13Br.C6H7NO.C4H6O4.C2H4BO2.C2H4O2.C2H6O.2CH3F.CH4.H2N2.Na.H2/c1-25(14-15-26-23(27)21-12-5-6-13-22(21)24(26)28)19-10-7-11-20(16-19)29-17-18-8-3-2-4-9-18;26-22-20-11-4-5-12-21(20)23(27)25(22)14-13-24-18-9-6-10-19(15-18)28-16-17-7-2-1-3-8-17;1-18(11-10-17)15-8-5-9-16(12-15)19-13-14-6-3-2-4-7-14;14-12-7-4-8-13(9-12)15-10-11-5-2-1-3-6-11;12-6-5-11-9(13)7-3-1-2-4-8(7)10(11)14;8-6-7-4-2-1-3-5-7;7-5-2-1-3-6(8)4-5;1-3(5)7-8-4(2)6;1-2(4)3-5;1-2(3)4;1-2-3;2*1-2;;1-2;;/h5-7,10-13,16,18H,2-4,8-9,14-15,17H2,1H3;4-6,9-12,15,17,24H,1-3,7-8,13-14,16H2;5,8-9,12,14H,2-4,6-7,10-11,13,17H2,1H3;4,7-9,11H,1-3,5-6,10,14H2;1-4,6H,5H2;7H,1-6H2;1-4,8H,7H2;1-2H3;5H,1H3;1H3,(H,3,4);3H,2H2,1H3;2*1H3;1H4;1-2H;;1H/q;;;;;;;;;;;;;;;+1;/p-1/i;;;;;;;;;;;2*1D;;;;. The number of hydrogen-bond acceptors (Lipinski definition) is 29. The van der Waals surface area contributed by atoms with E-state index in [0.717, 1.165) is 116 Å². The van der Waals surface area contributed by atoms with Gasteiger partial charge in [-0.05, 0) is 212 Å². The molecule has 16 rings (SSSR count). The summed E-state index contributed by atoms with van der Waals surface area (Å²) in [7, 11) is 2.56. The van der Waals surface area contributed by atoms with E-state index < -0.39 is 44.0 Å². The van der Waals surface area contributed by atoms with E-state index in [4.69, 9.17) is 75.1 Å². The number of phenolic OH excluding ortho intramolecular Hbond substituents is 1. The fourth-order valence-electron chi connectivity index (χ4n) is 16.6. The zero-order valence-corrected chi connectivity index (χ0v) is 90.7. The number of alkyl halides is 3. The molecule has 0 aromatic heterocycles. The number of phenols is 1. The largest absolute Gasteiger partial charge is 1.00 e. The number of nitrogens with two attached hydrogens (primary N) is 3. The topological polar surface area (TPSA) is 481 Å². The number of rotatable bonds is 27. The number of carbonyl (C=O) groups excluding carboxylic acids is 11. The van der Waals surface area contributed by atoms with Gasteiger partial charge in [0.05, 0.1) is 83.4 Å². The summed E-state index contributed by atoms with van der Waals surface area (Å²) < 4.78 is 54.7. The fraction of sp³-hybridized carbons (Fsp3) is 0.473. The third-order valence-electron chi connectivity index (χ3n) is 24.0. The number of imide groups is 3. The molecule has 0 saturated heterocycles. The maximum atomic E-state index is 12.5. The van der Waals surface area contributed by atoms with Crippen LogP contribution in [0.5, 0.6) is 28.7 Å². The number of aliphatic carboxylic acids is 1. The summed E-state index contributed by atoms with van der Waals surface area (Å²) in [6.45, 7) is 12.9. The van der Waals surface area contributed by atoms with Crippen molar-refractivity contribution in [3.05, 3.63) is 228 Å². The predicted octanol–water partition coefficient (Wildman–Crippen LogP) is 17.0. The molecule has 813 valence electrons. The number of nitrogen functional groups attached to an aromatic ring is 2. The molecule has 3 heterocycles. The number of fused-ring (bicyclic) bond motifs is 3. The van der Waals surface area contributed by atoms with Crippen LogP contribution in [0.25, 0.3) is 0 Å². The van der Waals surface area contributed by atoms with Crippen LogP contribution < -0.4 is 85.9 Å². The number of ether oxygens (including phenoxy) is 4. The van der Waals surface area contributed by atoms with Gasteiger partial charge < -0.3 is 86.0 Å². The number of benzene rings is 8. The second-order valence-electron chi connectivity index (χ2n) is 35.4. The average Bonchev–Trinajstić information content (AvgIpc) is 1.68. The van der Waals surface area contributed by atoms with Gasteiger partial charge in [0.15, 0.2) is 0 Å². The maximum absolute atomic E-state index is 12.5. The molecule has 37 heteroatoms. The average molecular weight is 2150 g/mol. The first-order chi connectivity index (χ1) is 71.8. The van der Waals surface area contributed by atoms with Gasteiger partial charge in [-0.1, -0.05) is 186 Å². The Morgan fingerprint density at radius 3 is 1.05 bits per heavy atom. The normalized spacial score (nSPS) is 14.6. The Morgan fingerprint density at radius 2 is 0.765 bits per heavy atom.